The predicted molar refractivity (Wildman–Crippen MR) is 31.8 cm³/mol. The summed E-state index contributed by atoms with van der Waals surface area (Å²) in [7, 11) is 0. The molecule has 8 heavy (non-hydrogen) atoms. The standard InChI is InChI=1S/C6H8N2/c1-2-7-5-4-6(5)8-3-1/h1-3,5-7H,4H2/p+1. The first kappa shape index (κ1) is 4.27. The average Bonchev–Trinajstić information content (AvgIpc) is 2.36. The molecule has 0 amide bonds. The van der Waals surface area contributed by atoms with E-state index in [4.69, 9.17) is 0 Å². The zero-order valence-electron chi connectivity index (χ0n) is 4.62. The lowest BCUT2D eigenvalue weighted by Crippen LogP contribution is -2.80. The molecule has 2 aliphatic rings. The van der Waals surface area contributed by atoms with Gasteiger partial charge in [0.05, 0.1) is 6.20 Å². The monoisotopic (exact) mass is 109 g/mol. The number of fused-ring (bicyclic) bond motifs is 1. The summed E-state index contributed by atoms with van der Waals surface area (Å²) < 4.78 is 0. The van der Waals surface area contributed by atoms with Crippen molar-refractivity contribution in [3.8, 4) is 0 Å². The Labute approximate surface area is 48.3 Å². The molecule has 1 aliphatic heterocycles. The zero-order valence-corrected chi connectivity index (χ0v) is 4.62. The Morgan fingerprint density at radius 3 is 3.62 bits per heavy atom. The molecule has 2 nitrogen and oxygen atoms in total. The number of aliphatic imine (C=N–C) groups is 1. The minimum atomic E-state index is 0.644. The van der Waals surface area contributed by atoms with E-state index in [1.165, 1.54) is 6.42 Å². The number of nitrogens with two attached hydrogens (primary N) is 1. The lowest BCUT2D eigenvalue weighted by Gasteiger charge is -1.82. The van der Waals surface area contributed by atoms with Crippen molar-refractivity contribution in [1.29, 1.82) is 0 Å². The first-order valence-electron chi connectivity index (χ1n) is 3.00. The quantitative estimate of drug-likeness (QED) is 0.426. The van der Waals surface area contributed by atoms with Crippen LogP contribution in [0, 0.1) is 0 Å². The van der Waals surface area contributed by atoms with E-state index in [9.17, 15) is 0 Å². The van der Waals surface area contributed by atoms with Crippen LogP contribution in [0.2, 0.25) is 0 Å². The van der Waals surface area contributed by atoms with Gasteiger partial charge in [0.25, 0.3) is 0 Å². The minimum absolute atomic E-state index is 0.644. The Morgan fingerprint density at radius 2 is 2.62 bits per heavy atom. The molecule has 2 rings (SSSR count). The van der Waals surface area contributed by atoms with Crippen LogP contribution in [0.4, 0.5) is 0 Å². The summed E-state index contributed by atoms with van der Waals surface area (Å²) in [5.41, 5.74) is 0. The van der Waals surface area contributed by atoms with Gasteiger partial charge in [-0.2, -0.15) is 0 Å². The highest BCUT2D eigenvalue weighted by atomic mass is 15.0. The maximum Gasteiger partial charge on any atom is 0.115 e. The van der Waals surface area contributed by atoms with Crippen LogP contribution in [-0.2, 0) is 0 Å². The topological polar surface area (TPSA) is 29.0 Å². The molecule has 0 aromatic carbocycles. The third-order valence-corrected chi connectivity index (χ3v) is 1.64. The maximum atomic E-state index is 4.25. The lowest BCUT2D eigenvalue weighted by molar-refractivity contribution is -0.602. The van der Waals surface area contributed by atoms with Gasteiger partial charge in [-0.05, 0) is 0 Å². The lowest BCUT2D eigenvalue weighted by atomic mass is 10.6. The Bertz CT molecular complexity index is 149. The highest BCUT2D eigenvalue weighted by molar-refractivity contribution is 5.71. The van der Waals surface area contributed by atoms with Crippen molar-refractivity contribution >= 4 is 6.21 Å². The van der Waals surface area contributed by atoms with Crippen molar-refractivity contribution in [3.05, 3.63) is 12.3 Å². The van der Waals surface area contributed by atoms with Crippen molar-refractivity contribution in [3.63, 3.8) is 0 Å². The van der Waals surface area contributed by atoms with Crippen LogP contribution in [0.1, 0.15) is 6.42 Å². The molecule has 2 N–H and O–H groups in total. The molecule has 0 aromatic rings. The molecule has 2 unspecified atom stereocenters. The Kier molecular flexibility index (Phi) is 0.758. The van der Waals surface area contributed by atoms with Gasteiger partial charge < -0.3 is 5.32 Å². The Hall–Kier alpha value is -0.630. The molecule has 0 spiro atoms. The third kappa shape index (κ3) is 0.574. The second-order valence-corrected chi connectivity index (χ2v) is 2.34. The van der Waals surface area contributed by atoms with Crippen LogP contribution in [0.15, 0.2) is 17.3 Å². The predicted octanol–water partition coefficient (Wildman–Crippen LogP) is -0.711. The van der Waals surface area contributed by atoms with Crippen LogP contribution < -0.4 is 5.32 Å². The van der Waals surface area contributed by atoms with E-state index in [1.54, 1.807) is 0 Å². The third-order valence-electron chi connectivity index (χ3n) is 1.64. The van der Waals surface area contributed by atoms with Crippen molar-refractivity contribution in [2.24, 2.45) is 4.99 Å². The summed E-state index contributed by atoms with van der Waals surface area (Å²) >= 11 is 0. The summed E-state index contributed by atoms with van der Waals surface area (Å²) in [5.74, 6) is 0. The summed E-state index contributed by atoms with van der Waals surface area (Å²) in [4.78, 5) is 4.25. The Morgan fingerprint density at radius 1 is 1.62 bits per heavy atom. The summed E-state index contributed by atoms with van der Waals surface area (Å²) in [6.45, 7) is 0. The molecule has 0 radical (unpaired) electrons. The average molecular weight is 109 g/mol. The number of rotatable bonds is 0. The van der Waals surface area contributed by atoms with Gasteiger partial charge in [0, 0.05) is 18.7 Å². The van der Waals surface area contributed by atoms with Crippen LogP contribution in [0.5, 0.6) is 0 Å². The summed E-state index contributed by atoms with van der Waals surface area (Å²) in [5, 5.41) is 2.23. The van der Waals surface area contributed by atoms with Gasteiger partial charge in [-0.1, -0.05) is 0 Å². The van der Waals surface area contributed by atoms with E-state index in [0.29, 0.717) is 6.04 Å². The number of hydrogen-bond donors (Lipinski definition) is 1. The molecule has 0 bridgehead atoms. The van der Waals surface area contributed by atoms with Gasteiger partial charge in [-0.25, -0.2) is 0 Å². The number of nitrogens with zero attached hydrogens (tertiary/aromatic N) is 1. The van der Waals surface area contributed by atoms with E-state index in [1.807, 2.05) is 12.3 Å². The number of allylic oxidation sites excluding steroid dienone is 1. The molecule has 42 valence electrons. The van der Waals surface area contributed by atoms with Gasteiger partial charge in [0.2, 0.25) is 0 Å². The summed E-state index contributed by atoms with van der Waals surface area (Å²) in [6, 6.07) is 1.43. The first-order chi connectivity index (χ1) is 3.97. The molecular formula is C6H9N2+. The molecular weight excluding hydrogens is 100 g/mol. The van der Waals surface area contributed by atoms with E-state index in [-0.39, 0.29) is 0 Å². The van der Waals surface area contributed by atoms with Gasteiger partial charge in [0.1, 0.15) is 12.1 Å². The van der Waals surface area contributed by atoms with Crippen LogP contribution in [0.3, 0.4) is 0 Å². The second-order valence-electron chi connectivity index (χ2n) is 2.34. The molecule has 1 aliphatic carbocycles. The van der Waals surface area contributed by atoms with Crippen molar-refractivity contribution in [2.75, 3.05) is 0 Å². The van der Waals surface area contributed by atoms with Crippen LogP contribution >= 0.6 is 0 Å². The molecule has 1 heterocycles. The molecule has 0 aromatic heterocycles. The smallest absolute Gasteiger partial charge is 0.115 e. The van der Waals surface area contributed by atoms with Crippen molar-refractivity contribution in [2.45, 2.75) is 18.5 Å². The number of quaternary nitrogens is 1. The fourth-order valence-corrected chi connectivity index (χ4v) is 0.995. The van der Waals surface area contributed by atoms with Crippen molar-refractivity contribution in [1.82, 2.24) is 0 Å². The van der Waals surface area contributed by atoms with E-state index in [2.05, 4.69) is 16.5 Å². The van der Waals surface area contributed by atoms with E-state index in [0.717, 1.165) is 6.04 Å². The van der Waals surface area contributed by atoms with Crippen molar-refractivity contribution < 1.29 is 5.32 Å². The Balaban J connectivity index is 2.14. The molecule has 1 saturated carbocycles. The molecule has 2 atom stereocenters. The normalized spacial score (nSPS) is 41.0. The van der Waals surface area contributed by atoms with Gasteiger partial charge in [0.15, 0.2) is 0 Å². The molecule has 2 heteroatoms. The second kappa shape index (κ2) is 1.42. The van der Waals surface area contributed by atoms with E-state index < -0.39 is 0 Å². The molecule has 0 saturated heterocycles. The fourth-order valence-electron chi connectivity index (χ4n) is 0.995. The van der Waals surface area contributed by atoms with E-state index >= 15 is 0 Å². The minimum Gasteiger partial charge on any atom is -0.316 e. The van der Waals surface area contributed by atoms with Crippen LogP contribution in [-0.4, -0.2) is 18.3 Å². The first-order valence-corrected chi connectivity index (χ1v) is 3.00. The SMILES string of the molecule is C1=C[NH2+]C2CC2N=C1. The fraction of sp³-hybridized carbons (Fsp3) is 0.500. The van der Waals surface area contributed by atoms with Gasteiger partial charge >= 0.3 is 0 Å². The maximum absolute atomic E-state index is 4.25. The summed E-state index contributed by atoms with van der Waals surface area (Å²) in [6.07, 6.45) is 7.25. The number of hydrogen-bond acceptors (Lipinski definition) is 1. The zero-order chi connectivity index (χ0) is 5.40. The van der Waals surface area contributed by atoms with Gasteiger partial charge in [-0.3, -0.25) is 4.99 Å². The molecule has 1 fully saturated rings. The largest absolute Gasteiger partial charge is 0.316 e. The highest BCUT2D eigenvalue weighted by Gasteiger charge is 2.40. The van der Waals surface area contributed by atoms with Gasteiger partial charge in [-0.15, -0.1) is 0 Å². The van der Waals surface area contributed by atoms with Crippen LogP contribution in [0.25, 0.3) is 0 Å². The highest BCUT2D eigenvalue weighted by Crippen LogP contribution is 2.21.